The number of allylic oxidation sites excluding steroid dienone is 3. The van der Waals surface area contributed by atoms with Crippen molar-refractivity contribution in [2.24, 2.45) is 39.9 Å². The van der Waals surface area contributed by atoms with Crippen LogP contribution in [0.1, 0.15) is 92.4 Å². The van der Waals surface area contributed by atoms with Gasteiger partial charge in [-0.2, -0.15) is 0 Å². The first-order chi connectivity index (χ1) is 15.8. The number of rotatable bonds is 7. The number of carboxylic acids is 1. The minimum atomic E-state index is -0.859. The molecule has 3 rings (SSSR count). The van der Waals surface area contributed by atoms with Crippen molar-refractivity contribution in [1.29, 1.82) is 0 Å². The van der Waals surface area contributed by atoms with Gasteiger partial charge in [-0.3, -0.25) is 4.79 Å². The molecule has 0 aromatic carbocycles. The van der Waals surface area contributed by atoms with Crippen LogP contribution in [0.3, 0.4) is 0 Å². The summed E-state index contributed by atoms with van der Waals surface area (Å²) in [5.74, 6) is -0.0267. The van der Waals surface area contributed by atoms with Gasteiger partial charge in [0, 0.05) is 0 Å². The summed E-state index contributed by atoms with van der Waals surface area (Å²) in [5.41, 5.74) is 2.49. The van der Waals surface area contributed by atoms with E-state index in [0.29, 0.717) is 5.92 Å². The molecule has 192 valence electrons. The van der Waals surface area contributed by atoms with E-state index in [1.807, 2.05) is 19.9 Å². The molecule has 0 heterocycles. The second-order valence-corrected chi connectivity index (χ2v) is 12.7. The van der Waals surface area contributed by atoms with Crippen LogP contribution in [0.25, 0.3) is 0 Å². The largest absolute Gasteiger partial charge is 0.481 e. The van der Waals surface area contributed by atoms with Crippen molar-refractivity contribution < 1.29 is 20.1 Å². The highest BCUT2D eigenvalue weighted by atomic mass is 16.4. The van der Waals surface area contributed by atoms with Gasteiger partial charge in [0.2, 0.25) is 0 Å². The van der Waals surface area contributed by atoms with Crippen molar-refractivity contribution in [3.63, 3.8) is 0 Å². The van der Waals surface area contributed by atoms with Crippen LogP contribution in [0.5, 0.6) is 0 Å². The van der Waals surface area contributed by atoms with Crippen molar-refractivity contribution in [2.45, 2.75) is 98.5 Å². The van der Waals surface area contributed by atoms with Gasteiger partial charge in [0.15, 0.2) is 0 Å². The van der Waals surface area contributed by atoms with E-state index >= 15 is 0 Å². The molecule has 0 spiro atoms. The molecule has 3 fully saturated rings. The predicted octanol–water partition coefficient (Wildman–Crippen LogP) is 6.54. The summed E-state index contributed by atoms with van der Waals surface area (Å²) in [4.78, 5) is 12.9. The molecule has 0 aliphatic heterocycles. The van der Waals surface area contributed by atoms with Gasteiger partial charge in [0.1, 0.15) is 0 Å². The van der Waals surface area contributed by atoms with Crippen molar-refractivity contribution in [3.05, 3.63) is 36.0 Å². The SMILES string of the molecule is C=C1CC[C@H]2C(C)(C)[C@H](O)CC[C@]2(C)[C@@H]1C[C@@H]1CCC(=C)[C@H](CC/C(C)=C/CO)[C@@]1(C)C(=O)O. The van der Waals surface area contributed by atoms with Crippen LogP contribution in [0, 0.1) is 39.9 Å². The number of aliphatic hydroxyl groups is 2. The van der Waals surface area contributed by atoms with E-state index in [2.05, 4.69) is 33.9 Å². The van der Waals surface area contributed by atoms with Gasteiger partial charge in [0.25, 0.3) is 0 Å². The average Bonchev–Trinajstić information content (AvgIpc) is 2.75. The second-order valence-electron chi connectivity index (χ2n) is 12.7. The molecule has 0 radical (unpaired) electrons. The van der Waals surface area contributed by atoms with E-state index in [1.54, 1.807) is 0 Å². The molecule has 4 heteroatoms. The molecule has 3 aliphatic rings. The smallest absolute Gasteiger partial charge is 0.310 e. The molecule has 4 nitrogen and oxygen atoms in total. The van der Waals surface area contributed by atoms with E-state index < -0.39 is 11.4 Å². The Labute approximate surface area is 207 Å². The van der Waals surface area contributed by atoms with Gasteiger partial charge < -0.3 is 15.3 Å². The van der Waals surface area contributed by atoms with Crippen LogP contribution in [-0.4, -0.2) is 34.0 Å². The summed E-state index contributed by atoms with van der Waals surface area (Å²) in [5, 5.41) is 30.6. The number of hydrogen-bond donors (Lipinski definition) is 3. The molecule has 7 atom stereocenters. The lowest BCUT2D eigenvalue weighted by molar-refractivity contribution is -0.160. The molecule has 0 saturated heterocycles. The topological polar surface area (TPSA) is 77.8 Å². The molecule has 0 unspecified atom stereocenters. The highest BCUT2D eigenvalue weighted by molar-refractivity contribution is 5.76. The summed E-state index contributed by atoms with van der Waals surface area (Å²) >= 11 is 0. The fourth-order valence-electron chi connectivity index (χ4n) is 8.25. The van der Waals surface area contributed by atoms with E-state index in [0.717, 1.165) is 68.9 Å². The third-order valence-corrected chi connectivity index (χ3v) is 10.7. The molecule has 0 bridgehead atoms. The van der Waals surface area contributed by atoms with Gasteiger partial charge in [-0.25, -0.2) is 0 Å². The Bertz CT molecular complexity index is 839. The quantitative estimate of drug-likeness (QED) is 0.368. The Morgan fingerprint density at radius 3 is 2.29 bits per heavy atom. The fraction of sp³-hybridized carbons (Fsp3) is 0.767. The molecule has 3 saturated carbocycles. The van der Waals surface area contributed by atoms with Gasteiger partial charge in [0.05, 0.1) is 18.1 Å². The molecule has 3 N–H and O–H groups in total. The lowest BCUT2D eigenvalue weighted by atomic mass is 9.45. The van der Waals surface area contributed by atoms with Gasteiger partial charge in [-0.05, 0) is 106 Å². The third kappa shape index (κ3) is 4.57. The minimum Gasteiger partial charge on any atom is -0.481 e. The van der Waals surface area contributed by atoms with Crippen LogP contribution >= 0.6 is 0 Å². The lowest BCUT2D eigenvalue weighted by Gasteiger charge is -2.60. The zero-order chi connectivity index (χ0) is 25.5. The minimum absolute atomic E-state index is 0.0187. The van der Waals surface area contributed by atoms with E-state index in [1.165, 1.54) is 5.57 Å². The molecule has 0 amide bonds. The number of aliphatic carboxylic acids is 1. The van der Waals surface area contributed by atoms with Gasteiger partial charge in [-0.15, -0.1) is 0 Å². The van der Waals surface area contributed by atoms with Crippen molar-refractivity contribution in [2.75, 3.05) is 6.61 Å². The van der Waals surface area contributed by atoms with Crippen LogP contribution in [-0.2, 0) is 4.79 Å². The van der Waals surface area contributed by atoms with Crippen LogP contribution < -0.4 is 0 Å². The van der Waals surface area contributed by atoms with Crippen LogP contribution in [0.15, 0.2) is 36.0 Å². The summed E-state index contributed by atoms with van der Waals surface area (Å²) < 4.78 is 0. The number of carboxylic acid groups (broad SMARTS) is 1. The first-order valence-electron chi connectivity index (χ1n) is 13.3. The van der Waals surface area contributed by atoms with Crippen LogP contribution in [0.2, 0.25) is 0 Å². The van der Waals surface area contributed by atoms with Crippen molar-refractivity contribution in [3.8, 4) is 0 Å². The molecule has 0 aromatic rings. The van der Waals surface area contributed by atoms with E-state index in [9.17, 15) is 20.1 Å². The molecular weight excluding hydrogens is 424 g/mol. The fourth-order valence-corrected chi connectivity index (χ4v) is 8.25. The Kier molecular flexibility index (Phi) is 7.95. The zero-order valence-corrected chi connectivity index (χ0v) is 22.2. The zero-order valence-electron chi connectivity index (χ0n) is 22.2. The summed E-state index contributed by atoms with van der Waals surface area (Å²) in [6.45, 7) is 19.6. The summed E-state index contributed by atoms with van der Waals surface area (Å²) in [6.07, 6.45) is 9.48. The maximum atomic E-state index is 12.9. The maximum Gasteiger partial charge on any atom is 0.310 e. The maximum absolute atomic E-state index is 12.9. The van der Waals surface area contributed by atoms with Gasteiger partial charge in [-0.1, -0.05) is 56.7 Å². The average molecular weight is 473 g/mol. The third-order valence-electron chi connectivity index (χ3n) is 10.7. The standard InChI is InChI=1S/C30H48O4/c1-19(15-17-31)8-12-23-20(2)9-11-22(30(23,7)27(33)34)18-24-21(3)10-13-25-28(4,5)26(32)14-16-29(24,25)6/h15,22-26,31-32H,2-3,8-14,16-18H2,1,4-7H3,(H,33,34)/b19-15+/t22-,23-,24+,25-,26+,29+,30-/m0/s1. The number of fused-ring (bicyclic) bond motifs is 1. The van der Waals surface area contributed by atoms with Crippen LogP contribution in [0.4, 0.5) is 0 Å². The first-order valence-corrected chi connectivity index (χ1v) is 13.3. The molecule has 3 aliphatic carbocycles. The summed E-state index contributed by atoms with van der Waals surface area (Å²) in [7, 11) is 0. The highest BCUT2D eigenvalue weighted by Gasteiger charge is 2.58. The Morgan fingerprint density at radius 2 is 1.68 bits per heavy atom. The second kappa shape index (κ2) is 9.93. The van der Waals surface area contributed by atoms with Gasteiger partial charge >= 0.3 is 5.97 Å². The molecule has 34 heavy (non-hydrogen) atoms. The Hall–Kier alpha value is -1.39. The predicted molar refractivity (Wildman–Crippen MR) is 138 cm³/mol. The molecular formula is C30H48O4. The summed E-state index contributed by atoms with van der Waals surface area (Å²) in [6, 6.07) is 0. The normalized spacial score (nSPS) is 40.7. The Balaban J connectivity index is 1.91. The lowest BCUT2D eigenvalue weighted by Crippen LogP contribution is -2.56. The van der Waals surface area contributed by atoms with E-state index in [-0.39, 0.29) is 41.3 Å². The van der Waals surface area contributed by atoms with Crippen molar-refractivity contribution in [1.82, 2.24) is 0 Å². The number of aliphatic hydroxyl groups excluding tert-OH is 2. The van der Waals surface area contributed by atoms with Crippen molar-refractivity contribution >= 4 is 5.97 Å². The highest BCUT2D eigenvalue weighted by Crippen LogP contribution is 2.63. The monoisotopic (exact) mass is 472 g/mol. The number of carbonyl (C=O) groups is 1. The number of hydrogen-bond acceptors (Lipinski definition) is 3. The first kappa shape index (κ1) is 27.2. The van der Waals surface area contributed by atoms with E-state index in [4.69, 9.17) is 0 Å². The Morgan fingerprint density at radius 1 is 1.06 bits per heavy atom. The molecule has 0 aromatic heterocycles.